The van der Waals surface area contributed by atoms with Gasteiger partial charge in [0.2, 0.25) is 0 Å². The number of hydrogen-bond donors (Lipinski definition) is 1. The second-order valence-electron chi connectivity index (χ2n) is 5.94. The molecule has 3 aromatic rings. The van der Waals surface area contributed by atoms with E-state index < -0.39 is 0 Å². The predicted octanol–water partition coefficient (Wildman–Crippen LogP) is 5.13. The molecule has 0 spiro atoms. The molecule has 3 aromatic carbocycles. The molecule has 0 atom stereocenters. The Hall–Kier alpha value is -3.48. The Morgan fingerprint density at radius 2 is 1.32 bits per heavy atom. The van der Waals surface area contributed by atoms with E-state index in [1.807, 2.05) is 36.4 Å². The molecule has 0 amide bonds. The van der Waals surface area contributed by atoms with Crippen molar-refractivity contribution >= 4 is 21.6 Å². The van der Waals surface area contributed by atoms with Gasteiger partial charge in [-0.05, 0) is 41.5 Å². The summed E-state index contributed by atoms with van der Waals surface area (Å²) in [6, 6.07) is 19.0. The van der Waals surface area contributed by atoms with Crippen LogP contribution in [0.4, 0.5) is 5.69 Å². The summed E-state index contributed by atoms with van der Waals surface area (Å²) in [6.45, 7) is 0. The van der Waals surface area contributed by atoms with Gasteiger partial charge in [-0.25, -0.2) is 0 Å². The average molecular weight is 434 g/mol. The van der Waals surface area contributed by atoms with Gasteiger partial charge in [-0.2, -0.15) is 10.5 Å². The molecule has 6 heteroatoms. The Bertz CT molecular complexity index is 1130. The number of halogens is 1. The lowest BCUT2D eigenvalue weighted by atomic mass is 9.89. The molecule has 0 fully saturated rings. The van der Waals surface area contributed by atoms with Crippen LogP contribution in [0.2, 0.25) is 0 Å². The van der Waals surface area contributed by atoms with Gasteiger partial charge in [-0.15, -0.1) is 0 Å². The third kappa shape index (κ3) is 3.38. The second kappa shape index (κ2) is 8.04. The Morgan fingerprint density at radius 3 is 1.86 bits per heavy atom. The summed E-state index contributed by atoms with van der Waals surface area (Å²) in [5.41, 5.74) is 9.78. The van der Waals surface area contributed by atoms with Crippen LogP contribution in [0, 0.1) is 22.7 Å². The summed E-state index contributed by atoms with van der Waals surface area (Å²) < 4.78 is 11.6. The van der Waals surface area contributed by atoms with Crippen LogP contribution in [0.3, 0.4) is 0 Å². The van der Waals surface area contributed by atoms with Crippen molar-refractivity contribution in [3.8, 4) is 45.9 Å². The van der Waals surface area contributed by atoms with Gasteiger partial charge in [-0.3, -0.25) is 0 Å². The zero-order valence-corrected chi connectivity index (χ0v) is 16.9. The van der Waals surface area contributed by atoms with Crippen LogP contribution in [0.25, 0.3) is 22.3 Å². The van der Waals surface area contributed by atoms with Crippen molar-refractivity contribution in [1.29, 1.82) is 10.5 Å². The lowest BCUT2D eigenvalue weighted by Crippen LogP contribution is -2.01. The molecule has 0 aliphatic heterocycles. The molecule has 138 valence electrons. The van der Waals surface area contributed by atoms with Gasteiger partial charge >= 0.3 is 0 Å². The lowest BCUT2D eigenvalue weighted by Gasteiger charge is -2.15. The minimum absolute atomic E-state index is 0.162. The van der Waals surface area contributed by atoms with E-state index in [-0.39, 0.29) is 16.8 Å². The molecule has 0 saturated heterocycles. The average Bonchev–Trinajstić information content (AvgIpc) is 2.73. The molecule has 0 heterocycles. The van der Waals surface area contributed by atoms with Crippen molar-refractivity contribution in [3.05, 3.63) is 64.1 Å². The van der Waals surface area contributed by atoms with Gasteiger partial charge < -0.3 is 15.2 Å². The van der Waals surface area contributed by atoms with Gasteiger partial charge in [0.25, 0.3) is 0 Å². The van der Waals surface area contributed by atoms with Crippen molar-refractivity contribution in [1.82, 2.24) is 0 Å². The molecule has 2 N–H and O–H groups in total. The summed E-state index contributed by atoms with van der Waals surface area (Å²) in [6.07, 6.45) is 0. The molecule has 0 radical (unpaired) electrons. The first-order valence-electron chi connectivity index (χ1n) is 8.29. The fourth-order valence-electron chi connectivity index (χ4n) is 3.03. The van der Waals surface area contributed by atoms with E-state index in [1.165, 1.54) is 0 Å². The monoisotopic (exact) mass is 433 g/mol. The Morgan fingerprint density at radius 1 is 0.786 bits per heavy atom. The van der Waals surface area contributed by atoms with Gasteiger partial charge in [-0.1, -0.05) is 34.1 Å². The molecule has 0 bridgehead atoms. The van der Waals surface area contributed by atoms with Gasteiger partial charge in [0.15, 0.2) is 11.5 Å². The number of rotatable bonds is 4. The minimum atomic E-state index is 0.162. The van der Waals surface area contributed by atoms with E-state index >= 15 is 0 Å². The molecule has 0 aliphatic rings. The number of nitrogens with zero attached hydrogens (tertiary/aromatic N) is 2. The van der Waals surface area contributed by atoms with E-state index in [0.717, 1.165) is 15.6 Å². The lowest BCUT2D eigenvalue weighted by molar-refractivity contribution is 0.355. The van der Waals surface area contributed by atoms with Crippen LogP contribution in [0.1, 0.15) is 11.1 Å². The van der Waals surface area contributed by atoms with E-state index in [4.69, 9.17) is 15.2 Å². The number of methoxy groups -OCH3 is 2. The SMILES string of the molecule is COc1ccc(-c2cc(-c3ccc(Br)cc3)c(C#N)c(N)c2C#N)cc1OC. The van der Waals surface area contributed by atoms with Crippen molar-refractivity contribution in [2.75, 3.05) is 20.0 Å². The van der Waals surface area contributed by atoms with Crippen LogP contribution in [0.5, 0.6) is 11.5 Å². The van der Waals surface area contributed by atoms with E-state index in [0.29, 0.717) is 22.6 Å². The topological polar surface area (TPSA) is 92.1 Å². The minimum Gasteiger partial charge on any atom is -0.493 e. The summed E-state index contributed by atoms with van der Waals surface area (Å²) >= 11 is 3.41. The van der Waals surface area contributed by atoms with Gasteiger partial charge in [0.1, 0.15) is 12.1 Å². The van der Waals surface area contributed by atoms with E-state index in [9.17, 15) is 10.5 Å². The Balaban J connectivity index is 2.32. The maximum absolute atomic E-state index is 9.70. The van der Waals surface area contributed by atoms with Crippen molar-refractivity contribution < 1.29 is 9.47 Å². The van der Waals surface area contributed by atoms with Crippen LogP contribution < -0.4 is 15.2 Å². The maximum Gasteiger partial charge on any atom is 0.161 e. The van der Waals surface area contributed by atoms with Crippen LogP contribution in [0.15, 0.2) is 53.0 Å². The predicted molar refractivity (Wildman–Crippen MR) is 112 cm³/mol. The molecule has 0 aliphatic carbocycles. The van der Waals surface area contributed by atoms with Gasteiger partial charge in [0, 0.05) is 15.6 Å². The number of benzene rings is 3. The number of nitrogen functional groups attached to an aromatic ring is 1. The highest BCUT2D eigenvalue weighted by atomic mass is 79.9. The number of nitriles is 2. The third-order valence-corrected chi connectivity index (χ3v) is 4.97. The molecule has 0 saturated carbocycles. The highest BCUT2D eigenvalue weighted by Gasteiger charge is 2.19. The van der Waals surface area contributed by atoms with Crippen molar-refractivity contribution in [2.45, 2.75) is 0 Å². The molecule has 0 aromatic heterocycles. The fourth-order valence-corrected chi connectivity index (χ4v) is 3.30. The summed E-state index contributed by atoms with van der Waals surface area (Å²) in [4.78, 5) is 0. The van der Waals surface area contributed by atoms with Crippen molar-refractivity contribution in [3.63, 3.8) is 0 Å². The third-order valence-electron chi connectivity index (χ3n) is 4.44. The number of hydrogen-bond acceptors (Lipinski definition) is 5. The van der Waals surface area contributed by atoms with E-state index in [1.54, 1.807) is 26.4 Å². The quantitative estimate of drug-likeness (QED) is 0.575. The molecule has 3 rings (SSSR count). The fraction of sp³-hybridized carbons (Fsp3) is 0.0909. The highest BCUT2D eigenvalue weighted by molar-refractivity contribution is 9.10. The van der Waals surface area contributed by atoms with Crippen LogP contribution in [-0.4, -0.2) is 14.2 Å². The van der Waals surface area contributed by atoms with Crippen LogP contribution in [-0.2, 0) is 0 Å². The standard InChI is InChI=1S/C22H16BrN3O2/c1-27-20-8-5-14(9-21(20)28-2)17-10-16(13-3-6-15(23)7-4-13)18(11-24)22(26)19(17)12-25/h3-10H,26H2,1-2H3. The van der Waals surface area contributed by atoms with Crippen molar-refractivity contribution in [2.24, 2.45) is 0 Å². The molecule has 5 nitrogen and oxygen atoms in total. The highest BCUT2D eigenvalue weighted by Crippen LogP contribution is 2.40. The second-order valence-corrected chi connectivity index (χ2v) is 6.85. The van der Waals surface area contributed by atoms with E-state index in [2.05, 4.69) is 28.1 Å². The first kappa shape index (κ1) is 19.3. The summed E-state index contributed by atoms with van der Waals surface area (Å²) in [5.74, 6) is 1.12. The molecule has 0 unspecified atom stereocenters. The zero-order chi connectivity index (χ0) is 20.3. The first-order valence-corrected chi connectivity index (χ1v) is 9.08. The maximum atomic E-state index is 9.70. The smallest absolute Gasteiger partial charge is 0.161 e. The first-order chi connectivity index (χ1) is 13.5. The molecular formula is C22H16BrN3O2. The summed E-state index contributed by atoms with van der Waals surface area (Å²) in [7, 11) is 3.11. The normalized spacial score (nSPS) is 10.0. The number of nitrogens with two attached hydrogens (primary N) is 1. The zero-order valence-electron chi connectivity index (χ0n) is 15.3. The molecule has 28 heavy (non-hydrogen) atoms. The summed E-state index contributed by atoms with van der Waals surface area (Å²) in [5, 5.41) is 19.4. The van der Waals surface area contributed by atoms with Crippen LogP contribution >= 0.6 is 15.9 Å². The van der Waals surface area contributed by atoms with Gasteiger partial charge in [0.05, 0.1) is 31.0 Å². The largest absolute Gasteiger partial charge is 0.493 e. The molecular weight excluding hydrogens is 418 g/mol. The number of ether oxygens (including phenoxy) is 2. The Kier molecular flexibility index (Phi) is 5.54. The Labute approximate surface area is 171 Å². The number of anilines is 1.